The lowest BCUT2D eigenvalue weighted by Crippen LogP contribution is -2.21. The van der Waals surface area contributed by atoms with Gasteiger partial charge in [-0.3, -0.25) is 0 Å². The van der Waals surface area contributed by atoms with Crippen LogP contribution in [0.2, 0.25) is 0 Å². The van der Waals surface area contributed by atoms with Crippen molar-refractivity contribution < 1.29 is 0 Å². The standard InChI is InChI=1S/C14H17N3S/c1-17(9-6-7-9)13-12-10-4-2-3-5-11(10)18-14(12)16-8-15-13/h8-9H,2-7H2,1H3. The lowest BCUT2D eigenvalue weighted by atomic mass is 9.97. The van der Waals surface area contributed by atoms with Gasteiger partial charge >= 0.3 is 0 Å². The molecule has 1 fully saturated rings. The van der Waals surface area contributed by atoms with Crippen molar-refractivity contribution in [2.45, 2.75) is 44.6 Å². The third-order valence-corrected chi connectivity index (χ3v) is 5.36. The first-order valence-corrected chi connectivity index (χ1v) is 7.64. The van der Waals surface area contributed by atoms with Crippen LogP contribution >= 0.6 is 11.3 Å². The van der Waals surface area contributed by atoms with Gasteiger partial charge in [0.1, 0.15) is 17.0 Å². The molecule has 0 unspecified atom stereocenters. The third-order valence-electron chi connectivity index (χ3n) is 4.16. The summed E-state index contributed by atoms with van der Waals surface area (Å²) in [7, 11) is 2.19. The molecule has 4 rings (SSSR count). The number of hydrogen-bond acceptors (Lipinski definition) is 4. The van der Waals surface area contributed by atoms with E-state index in [2.05, 4.69) is 21.9 Å². The first kappa shape index (κ1) is 10.7. The average Bonchev–Trinajstić information content (AvgIpc) is 3.18. The Morgan fingerprint density at radius 1 is 1.22 bits per heavy atom. The van der Waals surface area contributed by atoms with Gasteiger partial charge in [-0.15, -0.1) is 11.3 Å². The lowest BCUT2D eigenvalue weighted by molar-refractivity contribution is 0.700. The van der Waals surface area contributed by atoms with Crippen molar-refractivity contribution in [1.29, 1.82) is 0 Å². The summed E-state index contributed by atoms with van der Waals surface area (Å²) < 4.78 is 0. The first-order valence-electron chi connectivity index (χ1n) is 6.82. The van der Waals surface area contributed by atoms with Crippen molar-refractivity contribution in [3.05, 3.63) is 16.8 Å². The highest BCUT2D eigenvalue weighted by atomic mass is 32.1. The maximum Gasteiger partial charge on any atom is 0.141 e. The molecule has 0 saturated heterocycles. The maximum absolute atomic E-state index is 4.57. The molecule has 2 aromatic rings. The molecule has 18 heavy (non-hydrogen) atoms. The Bertz CT molecular complexity index is 600. The van der Waals surface area contributed by atoms with E-state index in [4.69, 9.17) is 0 Å². The number of anilines is 1. The molecule has 0 radical (unpaired) electrons. The van der Waals surface area contributed by atoms with Gasteiger partial charge in [-0.05, 0) is 44.1 Å². The van der Waals surface area contributed by atoms with Crippen LogP contribution < -0.4 is 4.90 Å². The highest BCUT2D eigenvalue weighted by Gasteiger charge is 2.30. The Labute approximate surface area is 111 Å². The van der Waals surface area contributed by atoms with Crippen LogP contribution in [0.25, 0.3) is 10.2 Å². The summed E-state index contributed by atoms with van der Waals surface area (Å²) in [5, 5.41) is 1.35. The molecule has 2 heterocycles. The van der Waals surface area contributed by atoms with E-state index < -0.39 is 0 Å². The van der Waals surface area contributed by atoms with Crippen LogP contribution in [0.15, 0.2) is 6.33 Å². The molecule has 1 saturated carbocycles. The summed E-state index contributed by atoms with van der Waals surface area (Å²) >= 11 is 1.89. The van der Waals surface area contributed by atoms with E-state index in [9.17, 15) is 0 Å². The molecule has 0 amide bonds. The average molecular weight is 259 g/mol. The third kappa shape index (κ3) is 1.55. The van der Waals surface area contributed by atoms with Gasteiger partial charge in [0.2, 0.25) is 0 Å². The molecule has 0 aromatic carbocycles. The van der Waals surface area contributed by atoms with Crippen LogP contribution in [0.5, 0.6) is 0 Å². The molecule has 0 bridgehead atoms. The van der Waals surface area contributed by atoms with Gasteiger partial charge in [-0.2, -0.15) is 0 Å². The van der Waals surface area contributed by atoms with Crippen LogP contribution in [-0.2, 0) is 12.8 Å². The first-order chi connectivity index (χ1) is 8.84. The second-order valence-corrected chi connectivity index (χ2v) is 6.51. The molecule has 2 aromatic heterocycles. The number of thiophene rings is 1. The number of aryl methyl sites for hydroxylation is 2. The van der Waals surface area contributed by atoms with Crippen molar-refractivity contribution in [2.75, 3.05) is 11.9 Å². The minimum absolute atomic E-state index is 0.710. The molecule has 94 valence electrons. The normalized spacial score (nSPS) is 18.9. The molecular weight excluding hydrogens is 242 g/mol. The van der Waals surface area contributed by atoms with Gasteiger partial charge in [0.05, 0.1) is 5.39 Å². The van der Waals surface area contributed by atoms with E-state index in [1.54, 1.807) is 16.8 Å². The Balaban J connectivity index is 1.93. The Morgan fingerprint density at radius 3 is 2.89 bits per heavy atom. The fourth-order valence-corrected chi connectivity index (χ4v) is 4.20. The Kier molecular flexibility index (Phi) is 2.34. The predicted octanol–water partition coefficient (Wildman–Crippen LogP) is 3.17. The smallest absolute Gasteiger partial charge is 0.141 e. The van der Waals surface area contributed by atoms with Crippen molar-refractivity contribution in [3.8, 4) is 0 Å². The number of aromatic nitrogens is 2. The van der Waals surface area contributed by atoms with E-state index in [0.29, 0.717) is 6.04 Å². The van der Waals surface area contributed by atoms with Gasteiger partial charge in [-0.1, -0.05) is 0 Å². The number of fused-ring (bicyclic) bond motifs is 3. The summed E-state index contributed by atoms with van der Waals surface area (Å²) in [6.45, 7) is 0. The second-order valence-electron chi connectivity index (χ2n) is 5.43. The molecule has 4 heteroatoms. The fraction of sp³-hybridized carbons (Fsp3) is 0.571. The molecule has 0 N–H and O–H groups in total. The summed E-state index contributed by atoms with van der Waals surface area (Å²) in [4.78, 5) is 14.2. The number of hydrogen-bond donors (Lipinski definition) is 0. The summed E-state index contributed by atoms with van der Waals surface area (Å²) in [6, 6.07) is 0.710. The van der Waals surface area contributed by atoms with Gasteiger partial charge in [-0.25, -0.2) is 9.97 Å². The highest BCUT2D eigenvalue weighted by molar-refractivity contribution is 7.19. The topological polar surface area (TPSA) is 29.0 Å². The molecule has 0 spiro atoms. The summed E-state index contributed by atoms with van der Waals surface area (Å²) in [5.41, 5.74) is 1.55. The van der Waals surface area contributed by atoms with E-state index in [1.165, 1.54) is 54.6 Å². The molecule has 2 aliphatic rings. The van der Waals surface area contributed by atoms with Crippen molar-refractivity contribution in [3.63, 3.8) is 0 Å². The minimum atomic E-state index is 0.710. The van der Waals surface area contributed by atoms with Crippen LogP contribution in [-0.4, -0.2) is 23.1 Å². The molecule has 2 aliphatic carbocycles. The Hall–Kier alpha value is -1.16. The van der Waals surface area contributed by atoms with E-state index in [0.717, 1.165) is 0 Å². The summed E-state index contributed by atoms with van der Waals surface area (Å²) in [6.07, 6.45) is 9.47. The van der Waals surface area contributed by atoms with Gasteiger partial charge in [0, 0.05) is 18.0 Å². The lowest BCUT2D eigenvalue weighted by Gasteiger charge is -2.19. The van der Waals surface area contributed by atoms with Gasteiger partial charge in [0.25, 0.3) is 0 Å². The Morgan fingerprint density at radius 2 is 2.06 bits per heavy atom. The fourth-order valence-electron chi connectivity index (χ4n) is 2.98. The number of nitrogens with zero attached hydrogens (tertiary/aromatic N) is 3. The van der Waals surface area contributed by atoms with Crippen LogP contribution in [0.4, 0.5) is 5.82 Å². The zero-order valence-corrected chi connectivity index (χ0v) is 11.5. The zero-order valence-electron chi connectivity index (χ0n) is 10.6. The molecular formula is C14H17N3S. The largest absolute Gasteiger partial charge is 0.356 e. The quantitative estimate of drug-likeness (QED) is 0.829. The monoisotopic (exact) mass is 259 g/mol. The minimum Gasteiger partial charge on any atom is -0.356 e. The van der Waals surface area contributed by atoms with E-state index in [1.807, 2.05) is 11.3 Å². The van der Waals surface area contributed by atoms with Gasteiger partial charge in [0.15, 0.2) is 0 Å². The molecule has 0 aliphatic heterocycles. The van der Waals surface area contributed by atoms with Crippen LogP contribution in [0.1, 0.15) is 36.1 Å². The molecule has 0 atom stereocenters. The summed E-state index contributed by atoms with van der Waals surface area (Å²) in [5.74, 6) is 1.17. The van der Waals surface area contributed by atoms with Crippen molar-refractivity contribution in [1.82, 2.24) is 9.97 Å². The SMILES string of the molecule is CN(c1ncnc2sc3c(c12)CCCC3)C1CC1. The number of rotatable bonds is 2. The zero-order chi connectivity index (χ0) is 12.1. The van der Waals surface area contributed by atoms with Gasteiger partial charge < -0.3 is 4.90 Å². The van der Waals surface area contributed by atoms with Crippen LogP contribution in [0.3, 0.4) is 0 Å². The maximum atomic E-state index is 4.57. The second kappa shape index (κ2) is 3.92. The predicted molar refractivity (Wildman–Crippen MR) is 75.5 cm³/mol. The van der Waals surface area contributed by atoms with Crippen LogP contribution in [0, 0.1) is 0 Å². The molecule has 3 nitrogen and oxygen atoms in total. The van der Waals surface area contributed by atoms with E-state index in [-0.39, 0.29) is 0 Å². The van der Waals surface area contributed by atoms with Crippen molar-refractivity contribution in [2.24, 2.45) is 0 Å². The van der Waals surface area contributed by atoms with E-state index >= 15 is 0 Å². The van der Waals surface area contributed by atoms with Crippen molar-refractivity contribution >= 4 is 27.4 Å². The highest BCUT2D eigenvalue weighted by Crippen LogP contribution is 2.41.